The van der Waals surface area contributed by atoms with Crippen LogP contribution >= 0.6 is 0 Å². The Bertz CT molecular complexity index is 381. The quantitative estimate of drug-likeness (QED) is 0.384. The van der Waals surface area contributed by atoms with Crippen LogP contribution in [0.5, 0.6) is 0 Å². The van der Waals surface area contributed by atoms with Crippen molar-refractivity contribution >= 4 is 5.96 Å². The molecule has 2 rings (SSSR count). The summed E-state index contributed by atoms with van der Waals surface area (Å²) >= 11 is 0. The van der Waals surface area contributed by atoms with Crippen LogP contribution in [-0.2, 0) is 0 Å². The van der Waals surface area contributed by atoms with Gasteiger partial charge >= 0.3 is 0 Å². The molecule has 1 unspecified atom stereocenters. The molecule has 1 heterocycles. The van der Waals surface area contributed by atoms with Crippen LogP contribution in [0.4, 0.5) is 0 Å². The predicted octanol–water partition coefficient (Wildman–Crippen LogP) is 2.14. The maximum atomic E-state index is 4.37. The highest BCUT2D eigenvalue weighted by molar-refractivity contribution is 5.79. The van der Waals surface area contributed by atoms with Crippen LogP contribution in [0.1, 0.15) is 53.4 Å². The van der Waals surface area contributed by atoms with Crippen molar-refractivity contribution in [1.82, 2.24) is 20.4 Å². The highest BCUT2D eigenvalue weighted by Gasteiger charge is 2.34. The molecule has 0 aromatic carbocycles. The minimum absolute atomic E-state index is 0.610. The topological polar surface area (TPSA) is 42.9 Å². The highest BCUT2D eigenvalue weighted by atomic mass is 15.2. The molecule has 1 saturated carbocycles. The molecular weight excluding hydrogens is 298 g/mol. The third kappa shape index (κ3) is 6.25. The minimum atomic E-state index is 0.610. The number of likely N-dealkylation sites (tertiary alicyclic amines) is 1. The van der Waals surface area contributed by atoms with Crippen LogP contribution in [-0.4, -0.2) is 73.7 Å². The average molecular weight is 338 g/mol. The van der Waals surface area contributed by atoms with Crippen molar-refractivity contribution in [3.63, 3.8) is 0 Å². The minimum Gasteiger partial charge on any atom is -0.356 e. The summed E-state index contributed by atoms with van der Waals surface area (Å²) in [5.41, 5.74) is 0. The maximum absolute atomic E-state index is 4.37. The first-order valence-corrected chi connectivity index (χ1v) is 9.95. The first-order chi connectivity index (χ1) is 11.5. The zero-order chi connectivity index (χ0) is 17.5. The maximum Gasteiger partial charge on any atom is 0.190 e. The Hall–Kier alpha value is -0.810. The van der Waals surface area contributed by atoms with Gasteiger partial charge in [-0.05, 0) is 65.8 Å². The fourth-order valence-corrected chi connectivity index (χ4v) is 3.84. The molecule has 0 radical (unpaired) electrons. The van der Waals surface area contributed by atoms with E-state index in [2.05, 4.69) is 53.1 Å². The lowest BCUT2D eigenvalue weighted by atomic mass is 10.1. The van der Waals surface area contributed by atoms with Gasteiger partial charge in [-0.25, -0.2) is 0 Å². The fraction of sp³-hybridized carbons (Fsp3) is 0.947. The molecule has 0 bridgehead atoms. The van der Waals surface area contributed by atoms with Crippen LogP contribution in [0.15, 0.2) is 4.99 Å². The molecule has 1 aliphatic carbocycles. The van der Waals surface area contributed by atoms with Gasteiger partial charge in [-0.3, -0.25) is 9.89 Å². The fourth-order valence-electron chi connectivity index (χ4n) is 3.84. The Morgan fingerprint density at radius 3 is 2.42 bits per heavy atom. The second kappa shape index (κ2) is 9.62. The largest absolute Gasteiger partial charge is 0.356 e. The van der Waals surface area contributed by atoms with E-state index in [0.29, 0.717) is 12.1 Å². The molecule has 0 spiro atoms. The number of aliphatic imine (C=N–C) groups is 1. The summed E-state index contributed by atoms with van der Waals surface area (Å²) < 4.78 is 0. The van der Waals surface area contributed by atoms with Crippen LogP contribution < -0.4 is 10.6 Å². The molecular formula is C19H39N5. The standard InChI is InChI=1S/C19H39N5/c1-15(2)24(16(3)4)11-6-10-21-19(20-5)22-13-17-9-12-23(14-17)18-7-8-18/h15-18H,6-14H2,1-5H3,(H2,20,21,22). The van der Waals surface area contributed by atoms with Gasteiger partial charge in [-0.15, -0.1) is 0 Å². The van der Waals surface area contributed by atoms with Crippen molar-refractivity contribution < 1.29 is 0 Å². The van der Waals surface area contributed by atoms with Crippen LogP contribution in [0, 0.1) is 5.92 Å². The smallest absolute Gasteiger partial charge is 0.190 e. The van der Waals surface area contributed by atoms with Gasteiger partial charge in [0.25, 0.3) is 0 Å². The Labute approximate surface area is 149 Å². The molecule has 140 valence electrons. The number of hydrogen-bond acceptors (Lipinski definition) is 3. The normalized spacial score (nSPS) is 22.8. The van der Waals surface area contributed by atoms with Gasteiger partial charge in [-0.1, -0.05) is 0 Å². The molecule has 0 amide bonds. The van der Waals surface area contributed by atoms with Gasteiger partial charge < -0.3 is 15.5 Å². The molecule has 0 aromatic heterocycles. The number of rotatable bonds is 9. The monoisotopic (exact) mass is 337 g/mol. The van der Waals surface area contributed by atoms with Crippen LogP contribution in [0.3, 0.4) is 0 Å². The molecule has 0 aromatic rings. The van der Waals surface area contributed by atoms with E-state index in [9.17, 15) is 0 Å². The number of nitrogens with zero attached hydrogens (tertiary/aromatic N) is 3. The number of nitrogens with one attached hydrogen (secondary N) is 2. The zero-order valence-corrected chi connectivity index (χ0v) is 16.5. The summed E-state index contributed by atoms with van der Waals surface area (Å²) in [5, 5.41) is 7.00. The molecule has 1 aliphatic heterocycles. The summed E-state index contributed by atoms with van der Waals surface area (Å²) in [7, 11) is 1.87. The van der Waals surface area contributed by atoms with E-state index >= 15 is 0 Å². The van der Waals surface area contributed by atoms with E-state index in [1.807, 2.05) is 7.05 Å². The second-order valence-corrected chi connectivity index (χ2v) is 8.04. The molecule has 1 saturated heterocycles. The Morgan fingerprint density at radius 1 is 1.12 bits per heavy atom. The van der Waals surface area contributed by atoms with E-state index < -0.39 is 0 Å². The third-order valence-corrected chi connectivity index (χ3v) is 5.37. The summed E-state index contributed by atoms with van der Waals surface area (Å²) in [6.07, 6.45) is 5.33. The molecule has 1 atom stereocenters. The van der Waals surface area contributed by atoms with Gasteiger partial charge in [0.1, 0.15) is 0 Å². The van der Waals surface area contributed by atoms with Crippen molar-refractivity contribution in [1.29, 1.82) is 0 Å². The Balaban J connectivity index is 1.58. The highest BCUT2D eigenvalue weighted by Crippen LogP contribution is 2.31. The van der Waals surface area contributed by atoms with E-state index in [4.69, 9.17) is 0 Å². The van der Waals surface area contributed by atoms with Crippen molar-refractivity contribution in [2.75, 3.05) is 39.8 Å². The Kier molecular flexibility index (Phi) is 7.82. The van der Waals surface area contributed by atoms with E-state index in [0.717, 1.165) is 44.0 Å². The van der Waals surface area contributed by atoms with Crippen molar-refractivity contribution in [3.05, 3.63) is 0 Å². The third-order valence-electron chi connectivity index (χ3n) is 5.37. The van der Waals surface area contributed by atoms with Gasteiger partial charge in [0.15, 0.2) is 5.96 Å². The Morgan fingerprint density at radius 2 is 1.83 bits per heavy atom. The van der Waals surface area contributed by atoms with Gasteiger partial charge in [0, 0.05) is 51.4 Å². The molecule has 2 aliphatic rings. The lowest BCUT2D eigenvalue weighted by Gasteiger charge is -2.30. The summed E-state index contributed by atoms with van der Waals surface area (Å²) in [6.45, 7) is 14.8. The number of hydrogen-bond donors (Lipinski definition) is 2. The van der Waals surface area contributed by atoms with Gasteiger partial charge in [0.2, 0.25) is 0 Å². The zero-order valence-electron chi connectivity index (χ0n) is 16.5. The van der Waals surface area contributed by atoms with Crippen LogP contribution in [0.2, 0.25) is 0 Å². The van der Waals surface area contributed by atoms with Gasteiger partial charge in [-0.2, -0.15) is 0 Å². The van der Waals surface area contributed by atoms with Crippen molar-refractivity contribution in [2.24, 2.45) is 10.9 Å². The summed E-state index contributed by atoms with van der Waals surface area (Å²) in [4.78, 5) is 9.59. The first kappa shape index (κ1) is 19.5. The lowest BCUT2D eigenvalue weighted by molar-refractivity contribution is 0.173. The van der Waals surface area contributed by atoms with Gasteiger partial charge in [0.05, 0.1) is 0 Å². The van der Waals surface area contributed by atoms with E-state index in [-0.39, 0.29) is 0 Å². The summed E-state index contributed by atoms with van der Waals surface area (Å²) in [6, 6.07) is 2.13. The SMILES string of the molecule is CN=C(NCCCN(C(C)C)C(C)C)NCC1CCN(C2CC2)C1. The molecule has 5 heteroatoms. The molecule has 2 fully saturated rings. The van der Waals surface area contributed by atoms with Crippen LogP contribution in [0.25, 0.3) is 0 Å². The second-order valence-electron chi connectivity index (χ2n) is 8.04. The molecule has 2 N–H and O–H groups in total. The molecule has 24 heavy (non-hydrogen) atoms. The van der Waals surface area contributed by atoms with Crippen molar-refractivity contribution in [2.45, 2.75) is 71.5 Å². The average Bonchev–Trinajstić information content (AvgIpc) is 3.28. The number of guanidine groups is 1. The van der Waals surface area contributed by atoms with E-state index in [1.165, 1.54) is 32.4 Å². The molecule has 5 nitrogen and oxygen atoms in total. The van der Waals surface area contributed by atoms with E-state index in [1.54, 1.807) is 0 Å². The first-order valence-electron chi connectivity index (χ1n) is 9.95. The summed E-state index contributed by atoms with van der Waals surface area (Å²) in [5.74, 6) is 1.74. The predicted molar refractivity (Wildman–Crippen MR) is 104 cm³/mol. The lowest BCUT2D eigenvalue weighted by Crippen LogP contribution is -2.42. The van der Waals surface area contributed by atoms with Crippen molar-refractivity contribution in [3.8, 4) is 0 Å².